The van der Waals surface area contributed by atoms with E-state index in [1.807, 2.05) is 13.2 Å². The first-order chi connectivity index (χ1) is 6.59. The summed E-state index contributed by atoms with van der Waals surface area (Å²) in [6.07, 6.45) is 4.12. The summed E-state index contributed by atoms with van der Waals surface area (Å²) < 4.78 is 1.71. The molecule has 0 bridgehead atoms. The highest BCUT2D eigenvalue weighted by Gasteiger charge is 2.31. The summed E-state index contributed by atoms with van der Waals surface area (Å²) >= 11 is 0. The van der Waals surface area contributed by atoms with Crippen molar-refractivity contribution in [3.05, 3.63) is 17.5 Å². The second-order valence-corrected chi connectivity index (χ2v) is 3.98. The lowest BCUT2D eigenvalue weighted by molar-refractivity contribution is -0.138. The molecule has 4 nitrogen and oxygen atoms in total. The van der Waals surface area contributed by atoms with Gasteiger partial charge in [-0.25, -0.2) is 0 Å². The number of hydrogen-bond donors (Lipinski definition) is 1. The summed E-state index contributed by atoms with van der Waals surface area (Å²) in [5, 5.41) is 13.3. The largest absolute Gasteiger partial charge is 0.481 e. The molecule has 1 heterocycles. The van der Waals surface area contributed by atoms with Crippen LogP contribution in [-0.4, -0.2) is 20.9 Å². The molecule has 1 aromatic rings. The van der Waals surface area contributed by atoms with E-state index in [4.69, 9.17) is 5.11 Å². The van der Waals surface area contributed by atoms with Crippen molar-refractivity contribution in [2.24, 2.45) is 7.05 Å². The van der Waals surface area contributed by atoms with Crippen LogP contribution in [0.2, 0.25) is 0 Å². The number of carboxylic acids is 1. The highest BCUT2D eigenvalue weighted by Crippen LogP contribution is 2.42. The first kappa shape index (κ1) is 9.24. The Morgan fingerprint density at radius 3 is 2.86 bits per heavy atom. The molecule has 0 aliphatic heterocycles. The van der Waals surface area contributed by atoms with Crippen molar-refractivity contribution in [3.63, 3.8) is 0 Å². The van der Waals surface area contributed by atoms with E-state index in [2.05, 4.69) is 5.10 Å². The lowest BCUT2D eigenvalue weighted by Crippen LogP contribution is -2.08. The molecule has 14 heavy (non-hydrogen) atoms. The number of hydrogen-bond acceptors (Lipinski definition) is 2. The van der Waals surface area contributed by atoms with E-state index in [-0.39, 0.29) is 0 Å². The molecular formula is C10H14N2O2. The van der Waals surface area contributed by atoms with E-state index in [1.165, 1.54) is 0 Å². The van der Waals surface area contributed by atoms with E-state index >= 15 is 0 Å². The van der Waals surface area contributed by atoms with Gasteiger partial charge in [0.1, 0.15) is 0 Å². The molecule has 0 spiro atoms. The van der Waals surface area contributed by atoms with E-state index in [9.17, 15) is 4.79 Å². The number of carbonyl (C=O) groups is 1. The van der Waals surface area contributed by atoms with Crippen LogP contribution in [0.1, 0.15) is 42.9 Å². The molecule has 76 valence electrons. The summed E-state index contributed by atoms with van der Waals surface area (Å²) in [5.74, 6) is -0.716. The molecule has 2 rings (SSSR count). The summed E-state index contributed by atoms with van der Waals surface area (Å²) in [5.41, 5.74) is 1.87. The van der Waals surface area contributed by atoms with Crippen LogP contribution in [0.4, 0.5) is 0 Å². The Bertz CT molecular complexity index is 366. The lowest BCUT2D eigenvalue weighted by atomic mass is 10.0. The van der Waals surface area contributed by atoms with Gasteiger partial charge in [0.15, 0.2) is 0 Å². The normalized spacial score (nSPS) is 18.1. The van der Waals surface area contributed by atoms with Gasteiger partial charge in [-0.2, -0.15) is 5.10 Å². The molecule has 1 aromatic heterocycles. The Morgan fingerprint density at radius 1 is 1.71 bits per heavy atom. The third-order valence-electron chi connectivity index (χ3n) is 2.69. The first-order valence-corrected chi connectivity index (χ1v) is 4.86. The van der Waals surface area contributed by atoms with Gasteiger partial charge >= 0.3 is 5.97 Å². The zero-order chi connectivity index (χ0) is 10.3. The van der Waals surface area contributed by atoms with Crippen LogP contribution in [0, 0.1) is 0 Å². The summed E-state index contributed by atoms with van der Waals surface area (Å²) in [7, 11) is 1.84. The van der Waals surface area contributed by atoms with Gasteiger partial charge in [-0.3, -0.25) is 9.48 Å². The fourth-order valence-electron chi connectivity index (χ4n) is 1.66. The Hall–Kier alpha value is -1.32. The minimum Gasteiger partial charge on any atom is -0.481 e. The predicted molar refractivity (Wildman–Crippen MR) is 51.2 cm³/mol. The van der Waals surface area contributed by atoms with Crippen molar-refractivity contribution < 1.29 is 9.90 Å². The Morgan fingerprint density at radius 2 is 2.36 bits per heavy atom. The molecule has 1 atom stereocenters. The summed E-state index contributed by atoms with van der Waals surface area (Å²) in [6.45, 7) is 1.71. The average Bonchev–Trinajstić information content (AvgIpc) is 2.88. The third kappa shape index (κ3) is 1.52. The number of carboxylic acid groups (broad SMARTS) is 1. The smallest absolute Gasteiger partial charge is 0.310 e. The zero-order valence-corrected chi connectivity index (χ0v) is 8.40. The number of nitrogens with zero attached hydrogens (tertiary/aromatic N) is 2. The highest BCUT2D eigenvalue weighted by molar-refractivity contribution is 5.75. The van der Waals surface area contributed by atoms with E-state index in [0.29, 0.717) is 5.92 Å². The lowest BCUT2D eigenvalue weighted by Gasteiger charge is -2.04. The molecular weight excluding hydrogens is 180 g/mol. The fourth-order valence-corrected chi connectivity index (χ4v) is 1.66. The zero-order valence-electron chi connectivity index (χ0n) is 8.40. The second kappa shape index (κ2) is 3.12. The Kier molecular flexibility index (Phi) is 2.06. The van der Waals surface area contributed by atoms with Gasteiger partial charge < -0.3 is 5.11 Å². The van der Waals surface area contributed by atoms with Crippen LogP contribution in [0.25, 0.3) is 0 Å². The molecule has 1 unspecified atom stereocenters. The van der Waals surface area contributed by atoms with Gasteiger partial charge in [-0.05, 0) is 19.8 Å². The number of aliphatic carboxylic acids is 1. The van der Waals surface area contributed by atoms with Crippen LogP contribution >= 0.6 is 0 Å². The molecule has 4 heteroatoms. The van der Waals surface area contributed by atoms with Crippen molar-refractivity contribution in [1.29, 1.82) is 0 Å². The average molecular weight is 194 g/mol. The van der Waals surface area contributed by atoms with Crippen LogP contribution in [0.3, 0.4) is 0 Å². The Balaban J connectivity index is 2.35. The molecule has 0 amide bonds. The van der Waals surface area contributed by atoms with Crippen LogP contribution in [0.15, 0.2) is 6.20 Å². The van der Waals surface area contributed by atoms with Gasteiger partial charge in [0.25, 0.3) is 0 Å². The number of aryl methyl sites for hydroxylation is 1. The van der Waals surface area contributed by atoms with Gasteiger partial charge in [0.2, 0.25) is 0 Å². The summed E-state index contributed by atoms with van der Waals surface area (Å²) in [4.78, 5) is 10.9. The second-order valence-electron chi connectivity index (χ2n) is 3.98. The van der Waals surface area contributed by atoms with E-state index in [1.54, 1.807) is 11.6 Å². The topological polar surface area (TPSA) is 55.1 Å². The minimum atomic E-state index is -0.778. The van der Waals surface area contributed by atoms with Gasteiger partial charge in [-0.15, -0.1) is 0 Å². The van der Waals surface area contributed by atoms with E-state index < -0.39 is 11.9 Å². The van der Waals surface area contributed by atoms with Crippen molar-refractivity contribution in [2.45, 2.75) is 31.6 Å². The van der Waals surface area contributed by atoms with Crippen LogP contribution in [-0.2, 0) is 11.8 Å². The monoisotopic (exact) mass is 194 g/mol. The summed E-state index contributed by atoms with van der Waals surface area (Å²) in [6, 6.07) is 0. The van der Waals surface area contributed by atoms with Crippen molar-refractivity contribution in [2.75, 3.05) is 0 Å². The quantitative estimate of drug-likeness (QED) is 0.793. The maximum Gasteiger partial charge on any atom is 0.310 e. The number of aromatic nitrogens is 2. The molecule has 0 radical (unpaired) electrons. The molecule has 1 aliphatic carbocycles. The van der Waals surface area contributed by atoms with Crippen molar-refractivity contribution in [3.8, 4) is 0 Å². The van der Waals surface area contributed by atoms with Gasteiger partial charge in [-0.1, -0.05) is 0 Å². The van der Waals surface area contributed by atoms with E-state index in [0.717, 1.165) is 24.1 Å². The predicted octanol–water partition coefficient (Wildman–Crippen LogP) is 1.49. The third-order valence-corrected chi connectivity index (χ3v) is 2.69. The first-order valence-electron chi connectivity index (χ1n) is 4.86. The van der Waals surface area contributed by atoms with Crippen LogP contribution in [0.5, 0.6) is 0 Å². The Labute approximate surface area is 82.5 Å². The maximum atomic E-state index is 10.9. The maximum absolute atomic E-state index is 10.9. The standard InChI is InChI=1S/C10H14N2O2/c1-6(10(13)14)8-5-12(2)11-9(8)7-3-4-7/h5-7H,3-4H2,1-2H3,(H,13,14). The van der Waals surface area contributed by atoms with Crippen LogP contribution < -0.4 is 0 Å². The number of rotatable bonds is 3. The van der Waals surface area contributed by atoms with Crippen molar-refractivity contribution in [1.82, 2.24) is 9.78 Å². The molecule has 1 N–H and O–H groups in total. The molecule has 1 fully saturated rings. The van der Waals surface area contributed by atoms with Crippen molar-refractivity contribution >= 4 is 5.97 Å². The SMILES string of the molecule is CC(C(=O)O)c1cn(C)nc1C1CC1. The van der Waals surface area contributed by atoms with Gasteiger partial charge in [0.05, 0.1) is 11.6 Å². The molecule has 0 aromatic carbocycles. The molecule has 1 saturated carbocycles. The minimum absolute atomic E-state index is 0.445. The highest BCUT2D eigenvalue weighted by atomic mass is 16.4. The molecule has 0 saturated heterocycles. The molecule has 1 aliphatic rings. The fraction of sp³-hybridized carbons (Fsp3) is 0.600. The van der Waals surface area contributed by atoms with Gasteiger partial charge in [0, 0.05) is 24.7 Å².